The van der Waals surface area contributed by atoms with Crippen molar-refractivity contribution in [3.05, 3.63) is 42.2 Å². The highest BCUT2D eigenvalue weighted by molar-refractivity contribution is 7.98. The Hall–Kier alpha value is -2.61. The molecule has 0 aliphatic carbocycles. The first kappa shape index (κ1) is 29.6. The highest BCUT2D eigenvalue weighted by atomic mass is 32.2. The monoisotopic (exact) mass is 514 g/mol. The Morgan fingerprint density at radius 2 is 1.56 bits per heavy atom. The van der Waals surface area contributed by atoms with Crippen LogP contribution in [0, 0.1) is 0 Å². The number of hydrogen-bond donors (Lipinski definition) is 0. The Morgan fingerprint density at radius 3 is 2.25 bits per heavy atom. The molecular formula is C28H42N4O3S. The van der Waals surface area contributed by atoms with Crippen LogP contribution in [0.1, 0.15) is 88.5 Å². The molecule has 2 aromatic rings. The number of hydrogen-bond acceptors (Lipinski definition) is 7. The van der Waals surface area contributed by atoms with Crippen molar-refractivity contribution in [3.8, 4) is 5.88 Å². The van der Waals surface area contributed by atoms with Crippen molar-refractivity contribution >= 4 is 28.8 Å². The molecule has 198 valence electrons. The van der Waals surface area contributed by atoms with Gasteiger partial charge in [-0.25, -0.2) is 19.4 Å². The van der Waals surface area contributed by atoms with Crippen LogP contribution in [-0.4, -0.2) is 45.2 Å². The summed E-state index contributed by atoms with van der Waals surface area (Å²) in [5.41, 5.74) is 1.15. The third kappa shape index (κ3) is 10.2. The number of allylic oxidation sites excluding steroid dienone is 6. The van der Waals surface area contributed by atoms with E-state index in [1.165, 1.54) is 37.4 Å². The zero-order valence-electron chi connectivity index (χ0n) is 22.4. The third-order valence-electron chi connectivity index (χ3n) is 5.55. The van der Waals surface area contributed by atoms with Crippen LogP contribution < -0.4 is 4.74 Å². The first-order valence-electron chi connectivity index (χ1n) is 13.2. The predicted octanol–water partition coefficient (Wildman–Crippen LogP) is 7.23. The molecule has 0 atom stereocenters. The number of unbranched alkanes of at least 4 members (excludes halogenated alkanes) is 6. The lowest BCUT2D eigenvalue weighted by Gasteiger charge is -2.07. The fourth-order valence-corrected chi connectivity index (χ4v) is 4.05. The van der Waals surface area contributed by atoms with Crippen LogP contribution in [0.5, 0.6) is 5.88 Å². The quantitative estimate of drug-likeness (QED) is 0.0682. The molecule has 0 saturated heterocycles. The molecule has 0 saturated carbocycles. The van der Waals surface area contributed by atoms with Crippen molar-refractivity contribution in [2.24, 2.45) is 7.05 Å². The van der Waals surface area contributed by atoms with Gasteiger partial charge >= 0.3 is 5.97 Å². The van der Waals surface area contributed by atoms with Gasteiger partial charge in [-0.1, -0.05) is 80.8 Å². The maximum atomic E-state index is 12.4. The van der Waals surface area contributed by atoms with Gasteiger partial charge in [0.05, 0.1) is 13.2 Å². The van der Waals surface area contributed by atoms with E-state index in [1.54, 1.807) is 18.7 Å². The Bertz CT molecular complexity index is 1010. The molecule has 2 rings (SSSR count). The van der Waals surface area contributed by atoms with E-state index in [9.17, 15) is 4.79 Å². The largest absolute Gasteiger partial charge is 0.476 e. The Labute approximate surface area is 220 Å². The topological polar surface area (TPSA) is 79.1 Å². The first-order valence-corrected chi connectivity index (χ1v) is 14.4. The summed E-state index contributed by atoms with van der Waals surface area (Å²) in [7, 11) is 1.79. The van der Waals surface area contributed by atoms with E-state index in [0.29, 0.717) is 28.7 Å². The van der Waals surface area contributed by atoms with E-state index in [1.807, 2.05) is 6.26 Å². The third-order valence-corrected chi connectivity index (χ3v) is 6.09. The predicted molar refractivity (Wildman–Crippen MR) is 149 cm³/mol. The normalized spacial score (nSPS) is 12.0. The minimum absolute atomic E-state index is 0.183. The Morgan fingerprint density at radius 1 is 0.889 bits per heavy atom. The number of nitrogens with zero attached hydrogens (tertiary/aromatic N) is 4. The van der Waals surface area contributed by atoms with Crippen LogP contribution in [0.25, 0.3) is 11.0 Å². The van der Waals surface area contributed by atoms with Crippen LogP contribution in [0.3, 0.4) is 0 Å². The highest BCUT2D eigenvalue weighted by Crippen LogP contribution is 2.27. The molecule has 0 radical (unpaired) electrons. The average Bonchev–Trinajstić information content (AvgIpc) is 3.20. The molecule has 2 heterocycles. The van der Waals surface area contributed by atoms with E-state index < -0.39 is 5.97 Å². The number of carbonyl (C=O) groups excluding carboxylic acids is 1. The molecule has 0 bridgehead atoms. The van der Waals surface area contributed by atoms with Crippen LogP contribution in [0.2, 0.25) is 0 Å². The molecule has 0 aliphatic heterocycles. The summed E-state index contributed by atoms with van der Waals surface area (Å²) < 4.78 is 12.8. The second-order valence-electron chi connectivity index (χ2n) is 8.46. The number of aryl methyl sites for hydroxylation is 1. The van der Waals surface area contributed by atoms with E-state index in [0.717, 1.165) is 38.5 Å². The number of aromatic nitrogens is 4. The summed E-state index contributed by atoms with van der Waals surface area (Å²) in [6, 6.07) is 0. The molecule has 36 heavy (non-hydrogen) atoms. The number of rotatable bonds is 18. The molecule has 0 spiro atoms. The second kappa shape index (κ2) is 17.8. The SMILES string of the molecule is CC/C=C\C/C=C\C/C=C\CCCCCCCCOc1c2nc(SC)nc(C(=O)OCC)c2nn1C. The van der Waals surface area contributed by atoms with E-state index in [4.69, 9.17) is 9.47 Å². The van der Waals surface area contributed by atoms with Crippen LogP contribution in [-0.2, 0) is 11.8 Å². The first-order chi connectivity index (χ1) is 17.6. The molecular weight excluding hydrogens is 472 g/mol. The molecule has 0 aromatic carbocycles. The molecule has 0 fully saturated rings. The summed E-state index contributed by atoms with van der Waals surface area (Å²) in [5, 5.41) is 4.93. The number of esters is 1. The fourth-order valence-electron chi connectivity index (χ4n) is 3.69. The van der Waals surface area contributed by atoms with Crippen LogP contribution in [0.15, 0.2) is 41.6 Å². The van der Waals surface area contributed by atoms with E-state index in [2.05, 4.69) is 58.4 Å². The molecule has 7 nitrogen and oxygen atoms in total. The second-order valence-corrected chi connectivity index (χ2v) is 9.23. The van der Waals surface area contributed by atoms with E-state index in [-0.39, 0.29) is 12.3 Å². The Kier molecular flexibility index (Phi) is 14.6. The lowest BCUT2D eigenvalue weighted by Crippen LogP contribution is -2.09. The van der Waals surface area contributed by atoms with Crippen molar-refractivity contribution in [3.63, 3.8) is 0 Å². The molecule has 8 heteroatoms. The molecule has 0 N–H and O–H groups in total. The van der Waals surface area contributed by atoms with E-state index >= 15 is 0 Å². The number of thioether (sulfide) groups is 1. The van der Waals surface area contributed by atoms with Gasteiger partial charge in [-0.05, 0) is 51.7 Å². The number of ether oxygens (including phenoxy) is 2. The van der Waals surface area contributed by atoms with Gasteiger partial charge in [0.15, 0.2) is 16.4 Å². The van der Waals surface area contributed by atoms with Gasteiger partial charge < -0.3 is 9.47 Å². The minimum Gasteiger partial charge on any atom is -0.476 e. The fraction of sp³-hybridized carbons (Fsp3) is 0.571. The molecule has 0 unspecified atom stereocenters. The maximum absolute atomic E-state index is 12.4. The van der Waals surface area contributed by atoms with Gasteiger partial charge in [0, 0.05) is 7.05 Å². The van der Waals surface area contributed by atoms with Gasteiger partial charge in [0.2, 0.25) is 5.88 Å². The number of fused-ring (bicyclic) bond motifs is 1. The summed E-state index contributed by atoms with van der Waals surface area (Å²) in [6.07, 6.45) is 26.7. The van der Waals surface area contributed by atoms with Crippen LogP contribution in [0.4, 0.5) is 0 Å². The lowest BCUT2D eigenvalue weighted by molar-refractivity contribution is 0.0520. The maximum Gasteiger partial charge on any atom is 0.359 e. The zero-order chi connectivity index (χ0) is 26.0. The smallest absolute Gasteiger partial charge is 0.359 e. The number of carbonyl (C=O) groups is 1. The van der Waals surface area contributed by atoms with Gasteiger partial charge in [-0.3, -0.25) is 0 Å². The molecule has 0 amide bonds. The average molecular weight is 515 g/mol. The van der Waals surface area contributed by atoms with Gasteiger partial charge in [-0.15, -0.1) is 0 Å². The zero-order valence-corrected chi connectivity index (χ0v) is 23.2. The summed E-state index contributed by atoms with van der Waals surface area (Å²) in [5.74, 6) is 0.0694. The highest BCUT2D eigenvalue weighted by Gasteiger charge is 2.23. The van der Waals surface area contributed by atoms with Gasteiger partial charge in [0.25, 0.3) is 0 Å². The minimum atomic E-state index is -0.493. The summed E-state index contributed by atoms with van der Waals surface area (Å²) in [4.78, 5) is 21.2. The van der Waals surface area contributed by atoms with Gasteiger partial charge in [-0.2, -0.15) is 5.10 Å². The summed E-state index contributed by atoms with van der Waals surface area (Å²) >= 11 is 1.37. The van der Waals surface area contributed by atoms with Crippen molar-refractivity contribution in [1.82, 2.24) is 19.7 Å². The van der Waals surface area contributed by atoms with Crippen molar-refractivity contribution in [1.29, 1.82) is 0 Å². The summed E-state index contributed by atoms with van der Waals surface area (Å²) in [6.45, 7) is 4.79. The molecule has 2 aromatic heterocycles. The van der Waals surface area contributed by atoms with Crippen molar-refractivity contribution in [2.45, 2.75) is 83.2 Å². The van der Waals surface area contributed by atoms with Gasteiger partial charge in [0.1, 0.15) is 5.52 Å². The van der Waals surface area contributed by atoms with Crippen molar-refractivity contribution < 1.29 is 14.3 Å². The van der Waals surface area contributed by atoms with Crippen molar-refractivity contribution in [2.75, 3.05) is 19.5 Å². The Balaban J connectivity index is 1.66. The standard InChI is InChI=1S/C28H42N4O3S/c1-5-7-8-9-10-11-12-13-14-15-16-17-18-19-20-21-22-35-26-24-23(31-32(26)3)25(27(33)34-6-2)30-28(29-24)36-4/h7-8,10-11,13-14H,5-6,9,12,15-22H2,1-4H3/b8-7-,11-10-,14-13-. The lowest BCUT2D eigenvalue weighted by atomic mass is 10.1. The molecule has 0 aliphatic rings. The van der Waals surface area contributed by atoms with Crippen LogP contribution >= 0.6 is 11.8 Å².